The van der Waals surface area contributed by atoms with E-state index in [0.29, 0.717) is 23.7 Å². The van der Waals surface area contributed by atoms with E-state index in [2.05, 4.69) is 88.9 Å². The van der Waals surface area contributed by atoms with Crippen LogP contribution in [0.4, 0.5) is 0 Å². The number of hydrogen-bond acceptors (Lipinski definition) is 5. The molecule has 2 aliphatic carbocycles. The lowest BCUT2D eigenvalue weighted by molar-refractivity contribution is 0.312. The number of nitrogens with zero attached hydrogens (tertiary/aromatic N) is 4. The van der Waals surface area contributed by atoms with Gasteiger partial charge in [-0.15, -0.1) is 0 Å². The van der Waals surface area contributed by atoms with Crippen molar-refractivity contribution in [2.24, 2.45) is 11.8 Å². The van der Waals surface area contributed by atoms with E-state index in [1.54, 1.807) is 0 Å². The fourth-order valence-electron chi connectivity index (χ4n) is 14.8. The Morgan fingerprint density at radius 1 is 0.287 bits per heavy atom. The molecule has 5 heteroatoms. The molecule has 2 aromatic carbocycles. The zero-order valence-electron chi connectivity index (χ0n) is 57.5. The monoisotopic (exact) mass is 1190 g/mol. The number of aromatic nitrogens is 4. The Bertz CT molecular complexity index is 2100. The van der Waals surface area contributed by atoms with Crippen LogP contribution in [0.2, 0.25) is 0 Å². The van der Waals surface area contributed by atoms with Gasteiger partial charge in [0.1, 0.15) is 23.1 Å². The highest BCUT2D eigenvalue weighted by Crippen LogP contribution is 2.41. The third-order valence-corrected chi connectivity index (χ3v) is 20.6. The standard InChI is InChI=1S/C82H134N4O/c1-5-9-13-17-21-25-29-33-37-41-45-69-53-59-79(77(61-69)63-71-49-55-75(56-50-71)81-83-65-73(66-84-81)47-43-39-35-31-27-23-19-15-11-7-3)87-80-60-54-70(46-42-38-34-30-26-22-18-14-10-6-2)62-78(80)64-72-51-57-76(58-52-72)82-85-67-74(68-86-82)48-44-40-36-32-28-24-20-16-12-8-4/h53-54,59-62,65-68,71-72,75-76H,5-52,55-58,63-64H2,1-4H3. The number of benzene rings is 2. The maximum atomic E-state index is 7.34. The maximum absolute atomic E-state index is 7.34. The molecule has 2 heterocycles. The predicted molar refractivity (Wildman–Crippen MR) is 376 cm³/mol. The fraction of sp³-hybridized carbons (Fsp3) is 0.756. The fourth-order valence-corrected chi connectivity index (χ4v) is 14.8. The van der Waals surface area contributed by atoms with Crippen molar-refractivity contribution in [2.45, 2.75) is 386 Å². The Kier molecular flexibility index (Phi) is 39.4. The second-order valence-electron chi connectivity index (χ2n) is 28.5. The van der Waals surface area contributed by atoms with Gasteiger partial charge in [0, 0.05) is 36.6 Å². The zero-order valence-corrected chi connectivity index (χ0v) is 57.5. The van der Waals surface area contributed by atoms with Gasteiger partial charge in [-0.05, 0) is 173 Å². The van der Waals surface area contributed by atoms with Gasteiger partial charge in [-0.25, -0.2) is 19.9 Å². The van der Waals surface area contributed by atoms with Gasteiger partial charge in [0.05, 0.1) is 0 Å². The van der Waals surface area contributed by atoms with Crippen molar-refractivity contribution in [3.63, 3.8) is 0 Å². The van der Waals surface area contributed by atoms with Crippen LogP contribution >= 0.6 is 0 Å². The van der Waals surface area contributed by atoms with Gasteiger partial charge in [0.2, 0.25) is 0 Å². The summed E-state index contributed by atoms with van der Waals surface area (Å²) in [5, 5.41) is 0. The van der Waals surface area contributed by atoms with E-state index in [1.165, 1.54) is 354 Å². The smallest absolute Gasteiger partial charge is 0.131 e. The molecule has 87 heavy (non-hydrogen) atoms. The molecule has 0 N–H and O–H groups in total. The third-order valence-electron chi connectivity index (χ3n) is 20.6. The van der Waals surface area contributed by atoms with E-state index in [-0.39, 0.29) is 0 Å². The summed E-state index contributed by atoms with van der Waals surface area (Å²) in [4.78, 5) is 20.1. The first-order valence-corrected chi connectivity index (χ1v) is 38.6. The van der Waals surface area contributed by atoms with Crippen LogP contribution in [0.5, 0.6) is 11.5 Å². The lowest BCUT2D eigenvalue weighted by Gasteiger charge is -2.29. The largest absolute Gasteiger partial charge is 0.457 e. The minimum atomic E-state index is 0.472. The molecule has 2 saturated carbocycles. The van der Waals surface area contributed by atoms with Crippen LogP contribution in [-0.4, -0.2) is 19.9 Å². The van der Waals surface area contributed by atoms with Crippen molar-refractivity contribution in [1.29, 1.82) is 0 Å². The van der Waals surface area contributed by atoms with E-state index >= 15 is 0 Å². The van der Waals surface area contributed by atoms with E-state index in [4.69, 9.17) is 24.7 Å². The Morgan fingerprint density at radius 2 is 0.529 bits per heavy atom. The molecule has 2 fully saturated rings. The highest BCUT2D eigenvalue weighted by Gasteiger charge is 2.28. The molecule has 488 valence electrons. The molecule has 0 radical (unpaired) electrons. The molecular weight excluding hydrogens is 1060 g/mol. The molecule has 2 aliphatic rings. The number of hydrogen-bond donors (Lipinski definition) is 0. The minimum absolute atomic E-state index is 0.472. The van der Waals surface area contributed by atoms with Crippen LogP contribution in [0, 0.1) is 11.8 Å². The van der Waals surface area contributed by atoms with Gasteiger partial charge in [-0.1, -0.05) is 283 Å². The first-order chi connectivity index (χ1) is 43.0. The zero-order chi connectivity index (χ0) is 60.9. The van der Waals surface area contributed by atoms with Gasteiger partial charge in [-0.2, -0.15) is 0 Å². The van der Waals surface area contributed by atoms with Crippen LogP contribution in [-0.2, 0) is 38.5 Å². The molecule has 6 rings (SSSR count). The second-order valence-corrected chi connectivity index (χ2v) is 28.5. The average molecular weight is 1190 g/mol. The summed E-state index contributed by atoms with van der Waals surface area (Å²) in [6.07, 6.45) is 80.1. The maximum Gasteiger partial charge on any atom is 0.131 e. The van der Waals surface area contributed by atoms with E-state index in [1.807, 2.05) is 0 Å². The summed E-state index contributed by atoms with van der Waals surface area (Å²) in [7, 11) is 0. The van der Waals surface area contributed by atoms with Crippen molar-refractivity contribution < 1.29 is 4.74 Å². The summed E-state index contributed by atoms with van der Waals surface area (Å²) in [5.41, 5.74) is 8.47. The molecule has 0 bridgehead atoms. The first kappa shape index (κ1) is 72.5. The average Bonchev–Trinajstić information content (AvgIpc) is 3.49. The Labute approximate surface area is 537 Å². The normalized spacial score (nSPS) is 17.1. The molecular formula is C82H134N4O. The topological polar surface area (TPSA) is 60.8 Å². The molecule has 0 amide bonds. The molecule has 4 aromatic rings. The Hall–Kier alpha value is -3.60. The van der Waals surface area contributed by atoms with E-state index in [0.717, 1.165) is 48.8 Å². The Morgan fingerprint density at radius 3 is 0.793 bits per heavy atom. The molecule has 0 spiro atoms. The van der Waals surface area contributed by atoms with Gasteiger partial charge >= 0.3 is 0 Å². The quantitative estimate of drug-likeness (QED) is 0.0412. The van der Waals surface area contributed by atoms with Crippen LogP contribution < -0.4 is 4.74 Å². The number of ether oxygens (including phenoxy) is 1. The highest BCUT2D eigenvalue weighted by atomic mass is 16.5. The Balaban J connectivity index is 1.06. The van der Waals surface area contributed by atoms with Crippen LogP contribution in [0.25, 0.3) is 0 Å². The highest BCUT2D eigenvalue weighted by molar-refractivity contribution is 5.45. The summed E-state index contributed by atoms with van der Waals surface area (Å²) in [5.74, 6) is 6.58. The van der Waals surface area contributed by atoms with Crippen molar-refractivity contribution in [2.75, 3.05) is 0 Å². The first-order valence-electron chi connectivity index (χ1n) is 38.6. The van der Waals surface area contributed by atoms with E-state index in [9.17, 15) is 0 Å². The van der Waals surface area contributed by atoms with Crippen molar-refractivity contribution >= 4 is 0 Å². The predicted octanol–water partition coefficient (Wildman–Crippen LogP) is 25.9. The molecule has 0 unspecified atom stereocenters. The number of rotatable bonds is 52. The summed E-state index contributed by atoms with van der Waals surface area (Å²) in [6.45, 7) is 9.25. The summed E-state index contributed by atoms with van der Waals surface area (Å²) < 4.78 is 7.34. The molecule has 5 nitrogen and oxygen atoms in total. The number of aryl methyl sites for hydroxylation is 4. The molecule has 0 saturated heterocycles. The molecule has 2 aromatic heterocycles. The SMILES string of the molecule is CCCCCCCCCCCCc1cnc(C2CCC(Cc3cc(CCCCCCCCCCCC)ccc3Oc3ccc(CCCCCCCCCCCC)cc3CC3CCC(c4ncc(CCCCCCCCCCCC)cn4)CC3)CC2)nc1. The van der Waals surface area contributed by atoms with Crippen molar-refractivity contribution in [3.8, 4) is 11.5 Å². The third kappa shape index (κ3) is 31.3. The lowest BCUT2D eigenvalue weighted by Crippen LogP contribution is -2.18. The van der Waals surface area contributed by atoms with E-state index < -0.39 is 0 Å². The summed E-state index contributed by atoms with van der Waals surface area (Å²) in [6, 6.07) is 14.7. The summed E-state index contributed by atoms with van der Waals surface area (Å²) >= 11 is 0. The van der Waals surface area contributed by atoms with Crippen LogP contribution in [0.3, 0.4) is 0 Å². The van der Waals surface area contributed by atoms with Gasteiger partial charge < -0.3 is 4.74 Å². The van der Waals surface area contributed by atoms with Crippen molar-refractivity contribution in [1.82, 2.24) is 19.9 Å². The van der Waals surface area contributed by atoms with Gasteiger partial charge in [-0.3, -0.25) is 0 Å². The minimum Gasteiger partial charge on any atom is -0.457 e. The lowest BCUT2D eigenvalue weighted by atomic mass is 9.78. The van der Waals surface area contributed by atoms with Gasteiger partial charge in [0.25, 0.3) is 0 Å². The van der Waals surface area contributed by atoms with Gasteiger partial charge in [0.15, 0.2) is 0 Å². The molecule has 0 aliphatic heterocycles. The molecule has 0 atom stereocenters. The number of unbranched alkanes of at least 4 members (excludes halogenated alkanes) is 36. The van der Waals surface area contributed by atoms with Crippen molar-refractivity contribution in [3.05, 3.63) is 106 Å². The van der Waals surface area contributed by atoms with Crippen LogP contribution in [0.15, 0.2) is 61.2 Å². The van der Waals surface area contributed by atoms with Crippen LogP contribution in [0.1, 0.15) is 393 Å². The second kappa shape index (κ2) is 47.3.